The molecule has 1 aliphatic rings. The normalized spacial score (nSPS) is 29.3. The SMILES string of the molecule is CC1=CSS(=O)N1. The molecule has 40 valence electrons. The predicted molar refractivity (Wildman–Crippen MR) is 32.6 cm³/mol. The Morgan fingerprint density at radius 2 is 2.71 bits per heavy atom. The van der Waals surface area contributed by atoms with Crippen molar-refractivity contribution in [3.8, 4) is 0 Å². The second-order valence-electron chi connectivity index (χ2n) is 1.23. The van der Waals surface area contributed by atoms with Crippen molar-refractivity contribution in [2.45, 2.75) is 6.92 Å². The molecule has 0 radical (unpaired) electrons. The largest absolute Gasteiger partial charge is 0.300 e. The van der Waals surface area contributed by atoms with E-state index in [1.807, 2.05) is 12.3 Å². The first-order valence-electron chi connectivity index (χ1n) is 1.81. The first-order valence-corrected chi connectivity index (χ1v) is 4.36. The highest BCUT2D eigenvalue weighted by atomic mass is 33.1. The van der Waals surface area contributed by atoms with E-state index in [1.165, 1.54) is 10.8 Å². The highest BCUT2D eigenvalue weighted by Gasteiger charge is 2.04. The maximum absolute atomic E-state index is 10.4. The van der Waals surface area contributed by atoms with Crippen molar-refractivity contribution in [2.75, 3.05) is 0 Å². The topological polar surface area (TPSA) is 29.1 Å². The van der Waals surface area contributed by atoms with E-state index in [-0.39, 0.29) is 0 Å². The van der Waals surface area contributed by atoms with Crippen LogP contribution in [0.5, 0.6) is 0 Å². The van der Waals surface area contributed by atoms with Crippen LogP contribution in [0.3, 0.4) is 0 Å². The summed E-state index contributed by atoms with van der Waals surface area (Å²) in [6.45, 7) is 1.89. The van der Waals surface area contributed by atoms with Crippen molar-refractivity contribution in [3.63, 3.8) is 0 Å². The molecule has 0 spiro atoms. The second-order valence-corrected chi connectivity index (χ2v) is 3.82. The maximum Gasteiger partial charge on any atom is 0.183 e. The minimum atomic E-state index is -0.879. The minimum Gasteiger partial charge on any atom is -0.300 e. The van der Waals surface area contributed by atoms with Crippen LogP contribution in [0.15, 0.2) is 11.1 Å². The van der Waals surface area contributed by atoms with E-state index >= 15 is 0 Å². The molecule has 0 aromatic heterocycles. The molecule has 1 rings (SSSR count). The number of rotatable bonds is 0. The van der Waals surface area contributed by atoms with E-state index in [9.17, 15) is 4.21 Å². The summed E-state index contributed by atoms with van der Waals surface area (Å²) in [6, 6.07) is 0. The summed E-state index contributed by atoms with van der Waals surface area (Å²) in [5, 5.41) is 1.84. The first kappa shape index (κ1) is 5.18. The molecular weight excluding hydrogens is 130 g/mol. The number of nitrogens with one attached hydrogen (secondary N) is 1. The zero-order valence-electron chi connectivity index (χ0n) is 3.80. The molecule has 0 aromatic carbocycles. The van der Waals surface area contributed by atoms with Gasteiger partial charge in [-0.2, -0.15) is 0 Å². The van der Waals surface area contributed by atoms with Crippen LogP contribution < -0.4 is 4.72 Å². The number of hydrogen-bond acceptors (Lipinski definition) is 2. The van der Waals surface area contributed by atoms with Gasteiger partial charge in [-0.05, 0) is 17.7 Å². The van der Waals surface area contributed by atoms with Gasteiger partial charge in [0.2, 0.25) is 0 Å². The van der Waals surface area contributed by atoms with E-state index in [0.717, 1.165) is 5.70 Å². The quantitative estimate of drug-likeness (QED) is 0.497. The van der Waals surface area contributed by atoms with Gasteiger partial charge in [0, 0.05) is 11.1 Å². The molecule has 1 heterocycles. The zero-order chi connectivity index (χ0) is 5.28. The van der Waals surface area contributed by atoms with E-state index < -0.39 is 10.0 Å². The van der Waals surface area contributed by atoms with Gasteiger partial charge in [-0.15, -0.1) is 0 Å². The van der Waals surface area contributed by atoms with Gasteiger partial charge >= 0.3 is 0 Å². The summed E-state index contributed by atoms with van der Waals surface area (Å²) in [5.41, 5.74) is 0.989. The van der Waals surface area contributed by atoms with Crippen LogP contribution in [0.25, 0.3) is 0 Å². The second kappa shape index (κ2) is 1.88. The molecule has 0 bridgehead atoms. The fraction of sp³-hybridized carbons (Fsp3) is 0.333. The average Bonchev–Trinajstić information content (AvgIpc) is 1.87. The highest BCUT2D eigenvalue weighted by molar-refractivity contribution is 8.70. The van der Waals surface area contributed by atoms with Crippen molar-refractivity contribution in [1.82, 2.24) is 4.72 Å². The molecule has 1 unspecified atom stereocenters. The Hall–Kier alpha value is 0.0400. The molecule has 4 heteroatoms. The van der Waals surface area contributed by atoms with Crippen molar-refractivity contribution >= 4 is 20.8 Å². The molecule has 0 aliphatic carbocycles. The third-order valence-electron chi connectivity index (χ3n) is 0.557. The third kappa shape index (κ3) is 1.21. The lowest BCUT2D eigenvalue weighted by Crippen LogP contribution is -2.03. The molecule has 7 heavy (non-hydrogen) atoms. The molecule has 0 aromatic rings. The van der Waals surface area contributed by atoms with E-state index in [1.54, 1.807) is 0 Å². The van der Waals surface area contributed by atoms with Crippen LogP contribution in [0.4, 0.5) is 0 Å². The van der Waals surface area contributed by atoms with E-state index in [2.05, 4.69) is 4.72 Å². The van der Waals surface area contributed by atoms with Gasteiger partial charge < -0.3 is 0 Å². The monoisotopic (exact) mass is 135 g/mol. The third-order valence-corrected chi connectivity index (χ3v) is 2.73. The molecule has 0 fully saturated rings. The van der Waals surface area contributed by atoms with Gasteiger partial charge in [-0.25, -0.2) is 4.21 Å². The van der Waals surface area contributed by atoms with Crippen LogP contribution in [-0.2, 0) is 10.0 Å². The standard InChI is InChI=1S/C3H5NOS2/c1-3-2-6-7(5)4-3/h2,4H,1H3. The number of hydrogen-bond donors (Lipinski definition) is 1. The lowest BCUT2D eigenvalue weighted by Gasteiger charge is -1.87. The lowest BCUT2D eigenvalue weighted by molar-refractivity contribution is 0.688. The summed E-state index contributed by atoms with van der Waals surface area (Å²) >= 11 is 0. The zero-order valence-corrected chi connectivity index (χ0v) is 5.44. The highest BCUT2D eigenvalue weighted by Crippen LogP contribution is 2.16. The van der Waals surface area contributed by atoms with Gasteiger partial charge in [0.05, 0.1) is 0 Å². The summed E-state index contributed by atoms with van der Waals surface area (Å²) in [5.74, 6) is 0. The van der Waals surface area contributed by atoms with Crippen LogP contribution in [0.2, 0.25) is 0 Å². The molecule has 0 saturated carbocycles. The smallest absolute Gasteiger partial charge is 0.183 e. The Bertz CT molecular complexity index is 131. The minimum absolute atomic E-state index is 0.879. The van der Waals surface area contributed by atoms with Gasteiger partial charge in [-0.1, -0.05) is 0 Å². The number of allylic oxidation sites excluding steroid dienone is 1. The summed E-state index contributed by atoms with van der Waals surface area (Å²) in [4.78, 5) is 0. The van der Waals surface area contributed by atoms with Crippen LogP contribution in [0, 0.1) is 0 Å². The fourth-order valence-corrected chi connectivity index (χ4v) is 2.26. The van der Waals surface area contributed by atoms with Gasteiger partial charge in [0.1, 0.15) is 0 Å². The van der Waals surface area contributed by atoms with Crippen molar-refractivity contribution in [2.24, 2.45) is 0 Å². The van der Waals surface area contributed by atoms with Crippen LogP contribution in [-0.4, -0.2) is 4.21 Å². The molecule has 1 N–H and O–H groups in total. The summed E-state index contributed by atoms with van der Waals surface area (Å²) < 4.78 is 13.1. The Morgan fingerprint density at radius 3 is 2.86 bits per heavy atom. The lowest BCUT2D eigenvalue weighted by atomic mass is 10.6. The molecule has 1 atom stereocenters. The Morgan fingerprint density at radius 1 is 2.00 bits per heavy atom. The molecule has 2 nitrogen and oxygen atoms in total. The van der Waals surface area contributed by atoms with Crippen LogP contribution >= 0.6 is 10.8 Å². The van der Waals surface area contributed by atoms with Crippen molar-refractivity contribution < 1.29 is 4.21 Å². The van der Waals surface area contributed by atoms with Gasteiger partial charge in [0.25, 0.3) is 0 Å². The van der Waals surface area contributed by atoms with Gasteiger partial charge in [-0.3, -0.25) is 4.72 Å². The molecule has 0 amide bonds. The maximum atomic E-state index is 10.4. The predicted octanol–water partition coefficient (Wildman–Crippen LogP) is 0.763. The average molecular weight is 135 g/mol. The van der Waals surface area contributed by atoms with Gasteiger partial charge in [0.15, 0.2) is 10.0 Å². The first-order chi connectivity index (χ1) is 3.29. The Balaban J connectivity index is 2.58. The molecule has 0 saturated heterocycles. The molecular formula is C3H5NOS2. The molecule has 1 aliphatic heterocycles. The Labute approximate surface area is 48.4 Å². The Kier molecular flexibility index (Phi) is 1.39. The van der Waals surface area contributed by atoms with Crippen molar-refractivity contribution in [1.29, 1.82) is 0 Å². The van der Waals surface area contributed by atoms with Crippen LogP contribution in [0.1, 0.15) is 6.92 Å². The van der Waals surface area contributed by atoms with E-state index in [4.69, 9.17) is 0 Å². The van der Waals surface area contributed by atoms with Crippen molar-refractivity contribution in [3.05, 3.63) is 11.1 Å². The fourth-order valence-electron chi connectivity index (χ4n) is 0.295. The van der Waals surface area contributed by atoms with E-state index in [0.29, 0.717) is 0 Å². The summed E-state index contributed by atoms with van der Waals surface area (Å²) in [6.07, 6.45) is 0. The summed E-state index contributed by atoms with van der Waals surface area (Å²) in [7, 11) is 0.426.